The minimum Gasteiger partial charge on any atom is -0.495 e. The van der Waals surface area contributed by atoms with Gasteiger partial charge in [0.15, 0.2) is 0 Å². The molecule has 0 aliphatic rings. The molecular weight excluding hydrogens is 387 g/mol. The normalized spacial score (nSPS) is 10.8. The van der Waals surface area contributed by atoms with Gasteiger partial charge in [0.25, 0.3) is 0 Å². The van der Waals surface area contributed by atoms with Crippen LogP contribution >= 0.6 is 22.6 Å². The number of imidazole rings is 1. The van der Waals surface area contributed by atoms with E-state index in [-0.39, 0.29) is 0 Å². The average molecular weight is 404 g/mol. The third kappa shape index (κ3) is 3.35. The highest BCUT2D eigenvalue weighted by Crippen LogP contribution is 2.23. The van der Waals surface area contributed by atoms with Crippen LogP contribution in [0.1, 0.15) is 6.42 Å². The van der Waals surface area contributed by atoms with Gasteiger partial charge < -0.3 is 13.9 Å². The van der Waals surface area contributed by atoms with E-state index in [1.54, 1.807) is 7.11 Å². The lowest BCUT2D eigenvalue weighted by atomic mass is 10.2. The van der Waals surface area contributed by atoms with Gasteiger partial charge in [0.05, 0.1) is 25.6 Å². The first-order valence-corrected chi connectivity index (χ1v) is 8.64. The van der Waals surface area contributed by atoms with Crippen LogP contribution in [0.4, 0.5) is 0 Å². The van der Waals surface area contributed by atoms with E-state index in [2.05, 4.69) is 27.6 Å². The van der Waals surface area contributed by atoms with E-state index < -0.39 is 0 Å². The summed E-state index contributed by atoms with van der Waals surface area (Å²) >= 11 is 2.36. The number of nitrogens with zero attached hydrogens (tertiary/aromatic N) is 2. The van der Waals surface area contributed by atoms with Gasteiger partial charge in [0.1, 0.15) is 17.1 Å². The molecule has 0 atom stereocenters. The first-order valence-electron chi connectivity index (χ1n) is 7.12. The summed E-state index contributed by atoms with van der Waals surface area (Å²) in [6.07, 6.45) is 4.99. The number of methoxy groups -OCH3 is 1. The molecule has 2 aromatic heterocycles. The molecule has 3 aromatic rings. The van der Waals surface area contributed by atoms with Crippen LogP contribution in [0.3, 0.4) is 0 Å². The highest BCUT2D eigenvalue weighted by atomic mass is 123. The Balaban J connectivity index is 1.81. The minimum atomic E-state index is 0.760. The molecule has 4 nitrogen and oxygen atoms in total. The van der Waals surface area contributed by atoms with Crippen molar-refractivity contribution in [1.29, 1.82) is 0 Å². The predicted octanol–water partition coefficient (Wildman–Crippen LogP) is 4.21. The Morgan fingerprint density at radius 2 is 1.82 bits per heavy atom. The Bertz CT molecular complexity index is 753. The number of hydrogen-bond donors (Lipinski definition) is 0. The highest BCUT2D eigenvalue weighted by molar-refractivity contribution is 14.1. The SMILES string of the molecule is COc1ccc2nc(-c3ccc(OCCC[123I])cc3)cn2c1. The molecular formula is C17H17IN2O2. The van der Waals surface area contributed by atoms with Crippen molar-refractivity contribution in [3.05, 3.63) is 48.8 Å². The summed E-state index contributed by atoms with van der Waals surface area (Å²) in [4.78, 5) is 4.63. The fraction of sp³-hybridized carbons (Fsp3) is 0.235. The smallest absolute Gasteiger partial charge is 0.137 e. The molecule has 0 fully saturated rings. The first kappa shape index (κ1) is 15.1. The number of aromatic nitrogens is 2. The van der Waals surface area contributed by atoms with Crippen LogP contribution in [-0.4, -0.2) is 27.5 Å². The number of halogens is 1. The standard InChI is InChI=1S/C17H17IN2O2/c1-21-15-7-8-17-19-16(12-20(17)11-15)13-3-5-14(6-4-13)22-10-2-9-18/h3-8,11-12H,2,9-10H2,1H3/i18-4. The molecule has 3 rings (SSSR count). The lowest BCUT2D eigenvalue weighted by Crippen LogP contribution is -1.97. The van der Waals surface area contributed by atoms with Crippen molar-refractivity contribution in [2.75, 3.05) is 18.1 Å². The van der Waals surface area contributed by atoms with Crippen LogP contribution in [-0.2, 0) is 0 Å². The van der Waals surface area contributed by atoms with Gasteiger partial charge in [-0.1, -0.05) is 22.6 Å². The van der Waals surface area contributed by atoms with Crippen LogP contribution in [0.5, 0.6) is 11.5 Å². The molecule has 0 saturated carbocycles. The average Bonchev–Trinajstić information content (AvgIpc) is 2.98. The second-order valence-electron chi connectivity index (χ2n) is 4.88. The summed E-state index contributed by atoms with van der Waals surface area (Å²) in [5, 5.41) is 0. The Morgan fingerprint density at radius 3 is 2.55 bits per heavy atom. The minimum absolute atomic E-state index is 0.760. The molecule has 5 heteroatoms. The Hall–Kier alpha value is -1.76. The van der Waals surface area contributed by atoms with Gasteiger partial charge in [-0.3, -0.25) is 0 Å². The van der Waals surface area contributed by atoms with E-state index in [1.807, 2.05) is 53.2 Å². The number of fused-ring (bicyclic) bond motifs is 1. The number of alkyl halides is 1. The topological polar surface area (TPSA) is 35.8 Å². The summed E-state index contributed by atoms with van der Waals surface area (Å²) < 4.78 is 14.0. The largest absolute Gasteiger partial charge is 0.495 e. The molecule has 1 aromatic carbocycles. The third-order valence-electron chi connectivity index (χ3n) is 3.36. The third-order valence-corrected chi connectivity index (χ3v) is 4.12. The number of hydrogen-bond acceptors (Lipinski definition) is 3. The lowest BCUT2D eigenvalue weighted by Gasteiger charge is -2.05. The summed E-state index contributed by atoms with van der Waals surface area (Å²) in [6, 6.07) is 11.9. The van der Waals surface area contributed by atoms with Crippen LogP contribution in [0, 0.1) is 0 Å². The lowest BCUT2D eigenvalue weighted by molar-refractivity contribution is 0.319. The fourth-order valence-corrected chi connectivity index (χ4v) is 2.51. The fourth-order valence-electron chi connectivity index (χ4n) is 2.20. The summed E-state index contributed by atoms with van der Waals surface area (Å²) in [6.45, 7) is 0.760. The highest BCUT2D eigenvalue weighted by Gasteiger charge is 2.05. The van der Waals surface area contributed by atoms with E-state index in [0.29, 0.717) is 0 Å². The first-order chi connectivity index (χ1) is 10.8. The molecule has 0 unspecified atom stereocenters. The molecule has 0 N–H and O–H groups in total. The second-order valence-corrected chi connectivity index (χ2v) is 5.95. The van der Waals surface area contributed by atoms with Gasteiger partial charge in [-0.15, -0.1) is 0 Å². The summed E-state index contributed by atoms with van der Waals surface area (Å²) in [5.41, 5.74) is 2.91. The molecule has 0 spiro atoms. The van der Waals surface area contributed by atoms with Crippen molar-refractivity contribution in [2.45, 2.75) is 6.42 Å². The van der Waals surface area contributed by atoms with Gasteiger partial charge >= 0.3 is 0 Å². The van der Waals surface area contributed by atoms with Crippen LogP contribution in [0.25, 0.3) is 16.9 Å². The van der Waals surface area contributed by atoms with Crippen molar-refractivity contribution in [2.24, 2.45) is 0 Å². The zero-order valence-corrected chi connectivity index (χ0v) is 14.5. The molecule has 0 radical (unpaired) electrons. The summed E-state index contributed by atoms with van der Waals surface area (Å²) in [5.74, 6) is 1.72. The molecule has 22 heavy (non-hydrogen) atoms. The van der Waals surface area contributed by atoms with Crippen molar-refractivity contribution in [3.63, 3.8) is 0 Å². The van der Waals surface area contributed by atoms with Crippen molar-refractivity contribution in [1.82, 2.24) is 9.38 Å². The summed E-state index contributed by atoms with van der Waals surface area (Å²) in [7, 11) is 1.66. The Labute approximate surface area is 143 Å². The monoisotopic (exact) mass is 404 g/mol. The molecule has 114 valence electrons. The van der Waals surface area contributed by atoms with Crippen LogP contribution in [0.2, 0.25) is 0 Å². The van der Waals surface area contributed by atoms with Crippen molar-refractivity contribution in [3.8, 4) is 22.8 Å². The number of ether oxygens (including phenoxy) is 2. The number of benzene rings is 1. The Morgan fingerprint density at radius 1 is 1.05 bits per heavy atom. The van der Waals surface area contributed by atoms with Crippen molar-refractivity contribution >= 4 is 28.2 Å². The molecule has 2 heterocycles. The molecule has 0 aliphatic heterocycles. The van der Waals surface area contributed by atoms with E-state index in [9.17, 15) is 0 Å². The zero-order chi connectivity index (χ0) is 15.4. The predicted molar refractivity (Wildman–Crippen MR) is 96.2 cm³/mol. The molecule has 0 aliphatic carbocycles. The van der Waals surface area contributed by atoms with Gasteiger partial charge in [0.2, 0.25) is 0 Å². The number of rotatable bonds is 6. The Kier molecular flexibility index (Phi) is 4.82. The molecule has 0 saturated heterocycles. The number of pyridine rings is 1. The van der Waals surface area contributed by atoms with Crippen LogP contribution < -0.4 is 9.47 Å². The van der Waals surface area contributed by atoms with Crippen LogP contribution in [0.15, 0.2) is 48.8 Å². The van der Waals surface area contributed by atoms with Gasteiger partial charge in [0, 0.05) is 16.2 Å². The maximum atomic E-state index is 5.68. The maximum absolute atomic E-state index is 5.68. The van der Waals surface area contributed by atoms with Gasteiger partial charge in [-0.2, -0.15) is 0 Å². The second kappa shape index (κ2) is 7.00. The quantitative estimate of drug-likeness (QED) is 0.351. The van der Waals surface area contributed by atoms with E-state index >= 15 is 0 Å². The molecule has 0 bridgehead atoms. The van der Waals surface area contributed by atoms with Gasteiger partial charge in [-0.05, 0) is 42.8 Å². The maximum Gasteiger partial charge on any atom is 0.137 e. The van der Waals surface area contributed by atoms with Gasteiger partial charge in [-0.25, -0.2) is 4.98 Å². The van der Waals surface area contributed by atoms with E-state index in [1.165, 1.54) is 0 Å². The van der Waals surface area contributed by atoms with Crippen molar-refractivity contribution < 1.29 is 9.47 Å². The van der Waals surface area contributed by atoms with E-state index in [4.69, 9.17) is 9.47 Å². The zero-order valence-electron chi connectivity index (χ0n) is 12.3. The van der Waals surface area contributed by atoms with E-state index in [0.717, 1.165) is 45.9 Å². The molecule has 0 amide bonds.